The van der Waals surface area contributed by atoms with E-state index >= 15 is 0 Å². The number of aryl methyl sites for hydroxylation is 1. The molecule has 2 heterocycles. The Hall–Kier alpha value is -1.16. The molecule has 0 bridgehead atoms. The van der Waals surface area contributed by atoms with Crippen molar-refractivity contribution in [3.63, 3.8) is 0 Å². The van der Waals surface area contributed by atoms with Gasteiger partial charge in [-0.2, -0.15) is 0 Å². The first-order chi connectivity index (χ1) is 7.22. The normalized spacial score (nSPS) is 20.8. The van der Waals surface area contributed by atoms with Gasteiger partial charge in [-0.05, 0) is 32.7 Å². The number of H-pyrrole nitrogens is 1. The van der Waals surface area contributed by atoms with E-state index in [-0.39, 0.29) is 11.6 Å². The molecule has 1 aliphatic rings. The van der Waals surface area contributed by atoms with Crippen LogP contribution in [0.2, 0.25) is 0 Å². The first-order valence-corrected chi connectivity index (χ1v) is 5.55. The van der Waals surface area contributed by atoms with Crippen LogP contribution >= 0.6 is 0 Å². The van der Waals surface area contributed by atoms with Gasteiger partial charge in [-0.3, -0.25) is 4.79 Å². The summed E-state index contributed by atoms with van der Waals surface area (Å²) in [7, 11) is 0. The van der Waals surface area contributed by atoms with Crippen LogP contribution in [0.4, 0.5) is 0 Å². The molecular weight excluding hydrogens is 190 g/mol. The monoisotopic (exact) mass is 207 g/mol. The third-order valence-electron chi connectivity index (χ3n) is 2.98. The van der Waals surface area contributed by atoms with E-state index in [0.29, 0.717) is 0 Å². The molecule has 1 saturated heterocycles. The molecule has 1 aromatic rings. The molecule has 0 saturated carbocycles. The average molecular weight is 207 g/mol. The zero-order chi connectivity index (χ0) is 10.8. The van der Waals surface area contributed by atoms with Crippen molar-refractivity contribution in [1.29, 1.82) is 0 Å². The first kappa shape index (κ1) is 10.4. The van der Waals surface area contributed by atoms with E-state index in [1.165, 1.54) is 0 Å². The Labute approximate surface area is 89.1 Å². The number of hydrogen-bond acceptors (Lipinski definition) is 3. The van der Waals surface area contributed by atoms with Crippen molar-refractivity contribution in [1.82, 2.24) is 15.3 Å². The van der Waals surface area contributed by atoms with Crippen LogP contribution in [0.3, 0.4) is 0 Å². The van der Waals surface area contributed by atoms with Gasteiger partial charge in [0.25, 0.3) is 5.56 Å². The summed E-state index contributed by atoms with van der Waals surface area (Å²) in [6.45, 7) is 4.90. The molecule has 1 atom stereocenters. The lowest BCUT2D eigenvalue weighted by atomic mass is 10.1. The van der Waals surface area contributed by atoms with Crippen LogP contribution in [0.15, 0.2) is 4.79 Å². The summed E-state index contributed by atoms with van der Waals surface area (Å²) in [4.78, 5) is 19.1. The van der Waals surface area contributed by atoms with Gasteiger partial charge in [0.2, 0.25) is 0 Å². The Kier molecular flexibility index (Phi) is 2.86. The number of nitrogens with one attached hydrogen (secondary N) is 2. The molecule has 4 nitrogen and oxygen atoms in total. The first-order valence-electron chi connectivity index (χ1n) is 5.55. The van der Waals surface area contributed by atoms with Crippen molar-refractivity contribution < 1.29 is 0 Å². The maximum absolute atomic E-state index is 11.7. The number of aromatic nitrogens is 2. The predicted molar refractivity (Wildman–Crippen MR) is 59.0 cm³/mol. The minimum atomic E-state index is 0.0219. The molecule has 1 aromatic heterocycles. The maximum atomic E-state index is 11.7. The fraction of sp³-hybridized carbons (Fsp3) is 0.636. The van der Waals surface area contributed by atoms with Crippen molar-refractivity contribution in [2.45, 2.75) is 39.2 Å². The predicted octanol–water partition coefficient (Wildman–Crippen LogP) is 1.07. The highest BCUT2D eigenvalue weighted by Crippen LogP contribution is 2.19. The Balaban J connectivity index is 2.38. The summed E-state index contributed by atoms with van der Waals surface area (Å²) in [5.41, 5.74) is 1.69. The molecular formula is C11H17N3O. The molecule has 0 spiro atoms. The van der Waals surface area contributed by atoms with Gasteiger partial charge in [0.05, 0.1) is 6.04 Å². The van der Waals surface area contributed by atoms with Crippen LogP contribution in [0.1, 0.15) is 42.9 Å². The van der Waals surface area contributed by atoms with E-state index in [1.54, 1.807) is 0 Å². The van der Waals surface area contributed by atoms with Crippen molar-refractivity contribution in [2.24, 2.45) is 0 Å². The highest BCUT2D eigenvalue weighted by atomic mass is 16.1. The molecule has 0 radical (unpaired) electrons. The lowest BCUT2D eigenvalue weighted by Gasteiger charge is -2.11. The van der Waals surface area contributed by atoms with Crippen LogP contribution in [0, 0.1) is 6.92 Å². The highest BCUT2D eigenvalue weighted by molar-refractivity contribution is 5.17. The van der Waals surface area contributed by atoms with E-state index in [0.717, 1.165) is 42.9 Å². The van der Waals surface area contributed by atoms with Gasteiger partial charge in [0, 0.05) is 11.3 Å². The van der Waals surface area contributed by atoms with E-state index in [4.69, 9.17) is 0 Å². The number of nitrogens with zero attached hydrogens (tertiary/aromatic N) is 1. The van der Waals surface area contributed by atoms with Gasteiger partial charge < -0.3 is 10.3 Å². The van der Waals surface area contributed by atoms with Crippen LogP contribution in [-0.4, -0.2) is 16.5 Å². The lowest BCUT2D eigenvalue weighted by molar-refractivity contribution is 0.597. The lowest BCUT2D eigenvalue weighted by Crippen LogP contribution is -2.23. The zero-order valence-corrected chi connectivity index (χ0v) is 9.26. The van der Waals surface area contributed by atoms with Gasteiger partial charge in [-0.25, -0.2) is 4.98 Å². The minimum absolute atomic E-state index is 0.0219. The van der Waals surface area contributed by atoms with E-state index in [9.17, 15) is 4.79 Å². The molecule has 1 unspecified atom stereocenters. The van der Waals surface area contributed by atoms with Crippen molar-refractivity contribution in [2.75, 3.05) is 6.54 Å². The summed E-state index contributed by atoms with van der Waals surface area (Å²) in [6.07, 6.45) is 2.96. The Morgan fingerprint density at radius 2 is 2.33 bits per heavy atom. The summed E-state index contributed by atoms with van der Waals surface area (Å²) in [5.74, 6) is 0.798. The molecule has 1 aliphatic heterocycles. The average Bonchev–Trinajstić information content (AvgIpc) is 2.69. The summed E-state index contributed by atoms with van der Waals surface area (Å²) < 4.78 is 0. The summed E-state index contributed by atoms with van der Waals surface area (Å²) >= 11 is 0. The molecule has 0 amide bonds. The van der Waals surface area contributed by atoms with Gasteiger partial charge in [0.1, 0.15) is 5.82 Å². The molecule has 82 valence electrons. The fourth-order valence-corrected chi connectivity index (χ4v) is 2.13. The second-order valence-corrected chi connectivity index (χ2v) is 4.02. The van der Waals surface area contributed by atoms with E-state index in [2.05, 4.69) is 15.3 Å². The molecule has 0 aliphatic carbocycles. The van der Waals surface area contributed by atoms with Crippen molar-refractivity contribution >= 4 is 0 Å². The van der Waals surface area contributed by atoms with Gasteiger partial charge in [-0.1, -0.05) is 6.92 Å². The van der Waals surface area contributed by atoms with Crippen LogP contribution in [0.5, 0.6) is 0 Å². The van der Waals surface area contributed by atoms with Crippen molar-refractivity contribution in [3.05, 3.63) is 27.4 Å². The summed E-state index contributed by atoms with van der Waals surface area (Å²) in [5, 5.41) is 3.33. The maximum Gasteiger partial charge on any atom is 0.254 e. The Morgan fingerprint density at radius 1 is 1.53 bits per heavy atom. The van der Waals surface area contributed by atoms with Crippen LogP contribution < -0.4 is 10.9 Å². The van der Waals surface area contributed by atoms with E-state index < -0.39 is 0 Å². The molecule has 1 fully saturated rings. The molecule has 2 rings (SSSR count). The third kappa shape index (κ3) is 1.95. The molecule has 15 heavy (non-hydrogen) atoms. The van der Waals surface area contributed by atoms with Crippen LogP contribution in [-0.2, 0) is 6.42 Å². The Morgan fingerprint density at radius 3 is 2.87 bits per heavy atom. The topological polar surface area (TPSA) is 57.8 Å². The second kappa shape index (κ2) is 4.14. The highest BCUT2D eigenvalue weighted by Gasteiger charge is 2.19. The summed E-state index contributed by atoms with van der Waals surface area (Å²) in [6, 6.07) is 0.238. The smallest absolute Gasteiger partial charge is 0.254 e. The second-order valence-electron chi connectivity index (χ2n) is 4.02. The molecule has 2 N–H and O–H groups in total. The van der Waals surface area contributed by atoms with Gasteiger partial charge in [-0.15, -0.1) is 0 Å². The third-order valence-corrected chi connectivity index (χ3v) is 2.98. The van der Waals surface area contributed by atoms with Gasteiger partial charge in [0.15, 0.2) is 0 Å². The molecule has 4 heteroatoms. The van der Waals surface area contributed by atoms with Crippen molar-refractivity contribution in [3.8, 4) is 0 Å². The fourth-order valence-electron chi connectivity index (χ4n) is 2.13. The van der Waals surface area contributed by atoms with E-state index in [1.807, 2.05) is 13.8 Å². The standard InChI is InChI=1S/C11H17N3O/c1-3-8-7(2)13-10(14-11(8)15)9-5-4-6-12-9/h9,12H,3-6H2,1-2H3,(H,13,14,15). The Bertz CT molecular complexity index is 405. The largest absolute Gasteiger partial charge is 0.309 e. The quantitative estimate of drug-likeness (QED) is 0.762. The zero-order valence-electron chi connectivity index (χ0n) is 9.26. The van der Waals surface area contributed by atoms with Gasteiger partial charge >= 0.3 is 0 Å². The molecule has 0 aromatic carbocycles. The number of rotatable bonds is 2. The number of aromatic amines is 1. The van der Waals surface area contributed by atoms with Crippen LogP contribution in [0.25, 0.3) is 0 Å². The minimum Gasteiger partial charge on any atom is -0.309 e. The SMILES string of the molecule is CCc1c(C)nc(C2CCCN2)[nH]c1=O. The number of hydrogen-bond donors (Lipinski definition) is 2.